The van der Waals surface area contributed by atoms with E-state index >= 15 is 0 Å². The quantitative estimate of drug-likeness (QED) is 0.856. The predicted molar refractivity (Wildman–Crippen MR) is 83.2 cm³/mol. The summed E-state index contributed by atoms with van der Waals surface area (Å²) in [5.41, 5.74) is 0.410. The number of carboxylic acids is 1. The number of hydrogen-bond acceptors (Lipinski definition) is 4. The van der Waals surface area contributed by atoms with E-state index in [4.69, 9.17) is 14.6 Å². The summed E-state index contributed by atoms with van der Waals surface area (Å²) in [6, 6.07) is 4.40. The molecule has 0 spiro atoms. The molecule has 1 amide bonds. The number of hydrogen-bond donors (Lipinski definition) is 1. The van der Waals surface area contributed by atoms with Crippen molar-refractivity contribution in [2.24, 2.45) is 0 Å². The van der Waals surface area contributed by atoms with Gasteiger partial charge in [0.15, 0.2) is 0 Å². The molecule has 120 valence electrons. The van der Waals surface area contributed by atoms with E-state index in [1.54, 1.807) is 25.2 Å². The molecule has 6 nitrogen and oxygen atoms in total. The lowest BCUT2D eigenvalue weighted by molar-refractivity contribution is 0.0612. The number of methoxy groups -OCH3 is 2. The van der Waals surface area contributed by atoms with E-state index in [1.807, 2.05) is 0 Å². The average molecular weight is 372 g/mol. The van der Waals surface area contributed by atoms with Crippen LogP contribution in [-0.4, -0.2) is 61.4 Å². The number of halogens is 1. The van der Waals surface area contributed by atoms with Crippen molar-refractivity contribution >= 4 is 27.8 Å². The van der Waals surface area contributed by atoms with Crippen molar-refractivity contribution in [2.75, 3.05) is 27.4 Å². The van der Waals surface area contributed by atoms with Gasteiger partial charge in [-0.25, -0.2) is 4.79 Å². The minimum atomic E-state index is -1.07. The third-order valence-corrected chi connectivity index (χ3v) is 4.18. The maximum Gasteiger partial charge on any atom is 0.335 e. The zero-order valence-electron chi connectivity index (χ0n) is 12.4. The number of ether oxygens (including phenoxy) is 2. The van der Waals surface area contributed by atoms with Crippen LogP contribution in [0.4, 0.5) is 0 Å². The summed E-state index contributed by atoms with van der Waals surface area (Å²) in [4.78, 5) is 25.5. The van der Waals surface area contributed by atoms with Crippen molar-refractivity contribution in [1.29, 1.82) is 0 Å². The van der Waals surface area contributed by atoms with Crippen molar-refractivity contribution in [3.05, 3.63) is 33.8 Å². The number of aromatic carboxylic acids is 1. The van der Waals surface area contributed by atoms with E-state index in [9.17, 15) is 9.59 Å². The van der Waals surface area contributed by atoms with E-state index in [0.29, 0.717) is 29.6 Å². The van der Waals surface area contributed by atoms with Crippen molar-refractivity contribution in [3.63, 3.8) is 0 Å². The molecule has 0 saturated carbocycles. The molecule has 1 N–H and O–H groups in total. The van der Waals surface area contributed by atoms with Gasteiger partial charge in [0.25, 0.3) is 5.91 Å². The van der Waals surface area contributed by atoms with Crippen molar-refractivity contribution in [3.8, 4) is 0 Å². The van der Waals surface area contributed by atoms with Crippen LogP contribution < -0.4 is 0 Å². The molecule has 1 aromatic carbocycles. The fourth-order valence-electron chi connectivity index (χ4n) is 2.65. The number of nitrogens with zero attached hydrogens (tertiary/aromatic N) is 1. The van der Waals surface area contributed by atoms with Crippen LogP contribution in [0.1, 0.15) is 27.1 Å². The monoisotopic (exact) mass is 371 g/mol. The second-order valence-electron chi connectivity index (χ2n) is 5.19. The van der Waals surface area contributed by atoms with E-state index in [2.05, 4.69) is 15.9 Å². The zero-order valence-corrected chi connectivity index (χ0v) is 14.0. The highest BCUT2D eigenvalue weighted by molar-refractivity contribution is 9.10. The number of benzene rings is 1. The van der Waals surface area contributed by atoms with Crippen LogP contribution in [0.15, 0.2) is 22.7 Å². The SMILES string of the molecule is COC[C@@H]1C[C@H](OC)CN1C(=O)c1cc(Br)cc(C(=O)O)c1. The maximum absolute atomic E-state index is 12.7. The van der Waals surface area contributed by atoms with Gasteiger partial charge in [0.05, 0.1) is 24.3 Å². The minimum absolute atomic E-state index is 0.0322. The minimum Gasteiger partial charge on any atom is -0.478 e. The number of carbonyl (C=O) groups excluding carboxylic acids is 1. The Morgan fingerprint density at radius 3 is 2.59 bits per heavy atom. The number of rotatable bonds is 5. The van der Waals surface area contributed by atoms with Crippen molar-refractivity contribution < 1.29 is 24.2 Å². The van der Waals surface area contributed by atoms with E-state index < -0.39 is 5.97 Å². The smallest absolute Gasteiger partial charge is 0.335 e. The first kappa shape index (κ1) is 16.9. The Kier molecular flexibility index (Phi) is 5.55. The topological polar surface area (TPSA) is 76.1 Å². The molecule has 0 aliphatic carbocycles. The van der Waals surface area contributed by atoms with Gasteiger partial charge in [0.1, 0.15) is 0 Å². The molecular formula is C15H18BrNO5. The summed E-state index contributed by atoms with van der Waals surface area (Å²) >= 11 is 3.25. The molecular weight excluding hydrogens is 354 g/mol. The van der Waals surface area contributed by atoms with Crippen LogP contribution in [0.2, 0.25) is 0 Å². The summed E-state index contributed by atoms with van der Waals surface area (Å²) in [6.07, 6.45) is 0.672. The highest BCUT2D eigenvalue weighted by Gasteiger charge is 2.35. The second-order valence-corrected chi connectivity index (χ2v) is 6.11. The normalized spacial score (nSPS) is 21.1. The Labute approximate surface area is 137 Å². The van der Waals surface area contributed by atoms with Crippen molar-refractivity contribution in [1.82, 2.24) is 4.90 Å². The zero-order chi connectivity index (χ0) is 16.3. The molecule has 1 heterocycles. The maximum atomic E-state index is 12.7. The van der Waals surface area contributed by atoms with Crippen LogP contribution >= 0.6 is 15.9 Å². The van der Waals surface area contributed by atoms with Gasteiger partial charge in [-0.2, -0.15) is 0 Å². The fraction of sp³-hybridized carbons (Fsp3) is 0.467. The molecule has 1 saturated heterocycles. The molecule has 1 aliphatic heterocycles. The first-order valence-corrected chi connectivity index (χ1v) is 7.62. The summed E-state index contributed by atoms with van der Waals surface area (Å²) in [6.45, 7) is 0.893. The lowest BCUT2D eigenvalue weighted by atomic mass is 10.1. The van der Waals surface area contributed by atoms with Gasteiger partial charge in [-0.15, -0.1) is 0 Å². The van der Waals surface area contributed by atoms with E-state index in [1.165, 1.54) is 12.1 Å². The molecule has 0 aromatic heterocycles. The summed E-state index contributed by atoms with van der Waals surface area (Å²) in [5, 5.41) is 9.11. The first-order valence-electron chi connectivity index (χ1n) is 6.82. The van der Waals surface area contributed by atoms with Crippen LogP contribution in [0, 0.1) is 0 Å². The van der Waals surface area contributed by atoms with E-state index in [0.717, 1.165) is 0 Å². The lowest BCUT2D eigenvalue weighted by Gasteiger charge is -2.24. The van der Waals surface area contributed by atoms with Crippen LogP contribution in [0.25, 0.3) is 0 Å². The Bertz CT molecular complexity index is 577. The largest absolute Gasteiger partial charge is 0.478 e. The van der Waals surface area contributed by atoms with Crippen LogP contribution in [0.5, 0.6) is 0 Å². The number of likely N-dealkylation sites (tertiary alicyclic amines) is 1. The number of amides is 1. The molecule has 0 radical (unpaired) electrons. The van der Waals surface area contributed by atoms with Gasteiger partial charge in [-0.3, -0.25) is 4.79 Å². The van der Waals surface area contributed by atoms with Gasteiger partial charge < -0.3 is 19.5 Å². The third-order valence-electron chi connectivity index (χ3n) is 3.72. The Morgan fingerprint density at radius 2 is 2.00 bits per heavy atom. The second kappa shape index (κ2) is 7.21. The molecule has 22 heavy (non-hydrogen) atoms. The molecule has 0 unspecified atom stereocenters. The standard InChI is InChI=1S/C15H18BrNO5/c1-21-8-12-6-13(22-2)7-17(12)14(18)9-3-10(15(19)20)5-11(16)4-9/h3-5,12-13H,6-8H2,1-2H3,(H,19,20)/t12-,13-/m0/s1. The van der Waals surface area contributed by atoms with Crippen LogP contribution in [0.3, 0.4) is 0 Å². The molecule has 2 rings (SSSR count). The molecule has 1 aliphatic rings. The predicted octanol–water partition coefficient (Wildman–Crippen LogP) is 2.02. The van der Waals surface area contributed by atoms with Gasteiger partial charge in [0, 0.05) is 30.8 Å². The molecule has 7 heteroatoms. The Balaban J connectivity index is 2.28. The highest BCUT2D eigenvalue weighted by Crippen LogP contribution is 2.24. The van der Waals surface area contributed by atoms with Gasteiger partial charge >= 0.3 is 5.97 Å². The molecule has 1 fully saturated rings. The fourth-order valence-corrected chi connectivity index (χ4v) is 3.14. The molecule has 0 bridgehead atoms. The Morgan fingerprint density at radius 1 is 1.32 bits per heavy atom. The van der Waals surface area contributed by atoms with Gasteiger partial charge in [-0.1, -0.05) is 15.9 Å². The lowest BCUT2D eigenvalue weighted by Crippen LogP contribution is -2.38. The summed E-state index contributed by atoms with van der Waals surface area (Å²) in [5.74, 6) is -1.29. The average Bonchev–Trinajstić information content (AvgIpc) is 2.89. The highest BCUT2D eigenvalue weighted by atomic mass is 79.9. The van der Waals surface area contributed by atoms with Gasteiger partial charge in [-0.05, 0) is 24.6 Å². The number of carboxylic acid groups (broad SMARTS) is 1. The third kappa shape index (κ3) is 3.66. The first-order chi connectivity index (χ1) is 10.5. The van der Waals surface area contributed by atoms with E-state index in [-0.39, 0.29) is 23.6 Å². The Hall–Kier alpha value is -1.44. The van der Waals surface area contributed by atoms with Gasteiger partial charge in [0.2, 0.25) is 0 Å². The summed E-state index contributed by atoms with van der Waals surface area (Å²) < 4.78 is 11.1. The molecule has 2 atom stereocenters. The van der Waals surface area contributed by atoms with Crippen LogP contribution in [-0.2, 0) is 9.47 Å². The number of carbonyl (C=O) groups is 2. The summed E-state index contributed by atoms with van der Waals surface area (Å²) in [7, 11) is 3.20. The molecule has 1 aromatic rings. The van der Waals surface area contributed by atoms with Crippen molar-refractivity contribution in [2.45, 2.75) is 18.6 Å².